The summed E-state index contributed by atoms with van der Waals surface area (Å²) < 4.78 is 46.9. The van der Waals surface area contributed by atoms with E-state index < -0.39 is 23.5 Å². The minimum absolute atomic E-state index is 0.00563. The van der Waals surface area contributed by atoms with E-state index in [-0.39, 0.29) is 19.5 Å². The average Bonchev–Trinajstić information content (AvgIpc) is 2.24. The summed E-state index contributed by atoms with van der Waals surface area (Å²) in [6.07, 6.45) is 0.232. The van der Waals surface area contributed by atoms with Gasteiger partial charge < -0.3 is 9.47 Å². The first kappa shape index (κ1) is 14.5. The molecule has 0 N–H and O–H groups in total. The van der Waals surface area contributed by atoms with Gasteiger partial charge in [-0.2, -0.15) is 13.2 Å². The van der Waals surface area contributed by atoms with Gasteiger partial charge in [0.2, 0.25) is 5.83 Å². The summed E-state index contributed by atoms with van der Waals surface area (Å²) in [5, 5.41) is 0. The highest BCUT2D eigenvalue weighted by Gasteiger charge is 2.50. The summed E-state index contributed by atoms with van der Waals surface area (Å²) in [5.41, 5.74) is 0. The van der Waals surface area contributed by atoms with Crippen molar-refractivity contribution in [1.29, 1.82) is 0 Å². The minimum atomic E-state index is -4.53. The second kappa shape index (κ2) is 6.14. The van der Waals surface area contributed by atoms with E-state index >= 15 is 0 Å². The first-order valence-electron chi connectivity index (χ1n) is 4.45. The van der Waals surface area contributed by atoms with E-state index in [0.29, 0.717) is 0 Å². The maximum absolute atomic E-state index is 12.9. The largest absolute Gasteiger partial charge is 0.498 e. The highest BCUT2D eigenvalue weighted by molar-refractivity contribution is 6.12. The molecular formula is C9H11F3O4. The van der Waals surface area contributed by atoms with Gasteiger partial charge in [0.15, 0.2) is 0 Å². The fourth-order valence-corrected chi connectivity index (χ4v) is 0.674. The second-order valence-electron chi connectivity index (χ2n) is 2.55. The van der Waals surface area contributed by atoms with Gasteiger partial charge in [0.25, 0.3) is 5.78 Å². The summed E-state index contributed by atoms with van der Waals surface area (Å²) >= 11 is 0. The van der Waals surface area contributed by atoms with Gasteiger partial charge in [0.05, 0.1) is 13.2 Å². The van der Waals surface area contributed by atoms with Crippen LogP contribution in [0.3, 0.4) is 0 Å². The molecule has 0 aliphatic carbocycles. The molecule has 0 spiro atoms. The Morgan fingerprint density at radius 2 is 1.81 bits per heavy atom. The third kappa shape index (κ3) is 3.56. The number of hydrogen-bond acceptors (Lipinski definition) is 4. The molecule has 0 aromatic heterocycles. The molecule has 0 amide bonds. The zero-order valence-corrected chi connectivity index (χ0v) is 8.76. The average molecular weight is 240 g/mol. The highest BCUT2D eigenvalue weighted by Crippen LogP contribution is 2.22. The lowest BCUT2D eigenvalue weighted by molar-refractivity contribution is -0.175. The van der Waals surface area contributed by atoms with Crippen molar-refractivity contribution in [3.05, 3.63) is 12.1 Å². The molecule has 0 rings (SSSR count). The van der Waals surface area contributed by atoms with Crippen LogP contribution in [0.15, 0.2) is 12.1 Å². The van der Waals surface area contributed by atoms with Crippen LogP contribution < -0.4 is 0 Å². The number of halogens is 3. The Kier molecular flexibility index (Phi) is 5.55. The van der Waals surface area contributed by atoms with E-state index in [1.54, 1.807) is 0 Å². The topological polar surface area (TPSA) is 52.6 Å². The highest BCUT2D eigenvalue weighted by atomic mass is 19.3. The van der Waals surface area contributed by atoms with Gasteiger partial charge in [-0.25, -0.2) is 4.79 Å². The van der Waals surface area contributed by atoms with Crippen molar-refractivity contribution in [3.63, 3.8) is 0 Å². The van der Waals surface area contributed by atoms with Crippen LogP contribution in [0.25, 0.3) is 0 Å². The van der Waals surface area contributed by atoms with E-state index in [0.717, 1.165) is 0 Å². The summed E-state index contributed by atoms with van der Waals surface area (Å²) in [4.78, 5) is 21.5. The number of esters is 1. The van der Waals surface area contributed by atoms with Gasteiger partial charge >= 0.3 is 11.9 Å². The van der Waals surface area contributed by atoms with E-state index in [4.69, 9.17) is 0 Å². The van der Waals surface area contributed by atoms with Gasteiger partial charge in [-0.1, -0.05) is 0 Å². The second-order valence-corrected chi connectivity index (χ2v) is 2.55. The van der Waals surface area contributed by atoms with E-state index in [1.807, 2.05) is 0 Å². The summed E-state index contributed by atoms with van der Waals surface area (Å²) in [7, 11) is 0. The van der Waals surface area contributed by atoms with Crippen molar-refractivity contribution in [3.8, 4) is 0 Å². The number of Topliss-reactive ketones (excluding diaryl/α,β-unsaturated/α-hetero) is 1. The van der Waals surface area contributed by atoms with Gasteiger partial charge in [-0.15, -0.1) is 0 Å². The molecule has 0 aromatic rings. The van der Waals surface area contributed by atoms with Crippen LogP contribution in [0.4, 0.5) is 13.2 Å². The summed E-state index contributed by atoms with van der Waals surface area (Å²) in [6, 6.07) is 0. The SMILES string of the molecule is CCOC=C(F)C(=O)C(F)(F)C(=O)OCC. The molecule has 0 saturated heterocycles. The maximum Gasteiger partial charge on any atom is 0.406 e. The molecule has 0 unspecified atom stereocenters. The third-order valence-electron chi connectivity index (χ3n) is 1.39. The van der Waals surface area contributed by atoms with Crippen LogP contribution >= 0.6 is 0 Å². The van der Waals surface area contributed by atoms with Crippen molar-refractivity contribution < 1.29 is 32.2 Å². The third-order valence-corrected chi connectivity index (χ3v) is 1.39. The maximum atomic E-state index is 12.9. The molecule has 0 saturated carbocycles. The van der Waals surface area contributed by atoms with Crippen LogP contribution in [0.1, 0.15) is 13.8 Å². The van der Waals surface area contributed by atoms with Crippen molar-refractivity contribution >= 4 is 11.8 Å². The summed E-state index contributed by atoms with van der Waals surface area (Å²) in [6.45, 7) is 2.42. The van der Waals surface area contributed by atoms with Gasteiger partial charge in [0, 0.05) is 0 Å². The van der Waals surface area contributed by atoms with E-state index in [1.165, 1.54) is 13.8 Å². The number of ether oxygens (including phenoxy) is 2. The number of ketones is 1. The molecule has 0 aliphatic heterocycles. The van der Waals surface area contributed by atoms with E-state index in [9.17, 15) is 22.8 Å². The van der Waals surface area contributed by atoms with Gasteiger partial charge in [0.1, 0.15) is 6.26 Å². The molecule has 92 valence electrons. The van der Waals surface area contributed by atoms with Crippen molar-refractivity contribution in [2.24, 2.45) is 0 Å². The minimum Gasteiger partial charge on any atom is -0.498 e. The predicted octanol–water partition coefficient (Wildman–Crippen LogP) is 1.60. The molecule has 0 heterocycles. The predicted molar refractivity (Wildman–Crippen MR) is 47.4 cm³/mol. The molecule has 0 aliphatic rings. The Labute approximate surface area is 90.0 Å². The molecular weight excluding hydrogens is 229 g/mol. The molecule has 0 aromatic carbocycles. The zero-order chi connectivity index (χ0) is 12.8. The molecule has 0 atom stereocenters. The Morgan fingerprint density at radius 3 is 2.25 bits per heavy atom. The molecule has 0 fully saturated rings. The first-order valence-corrected chi connectivity index (χ1v) is 4.45. The standard InChI is InChI=1S/C9H11F3O4/c1-3-15-5-6(10)7(13)9(11,12)8(14)16-4-2/h5H,3-4H2,1-2H3. The fourth-order valence-electron chi connectivity index (χ4n) is 0.674. The van der Waals surface area contributed by atoms with Crippen molar-refractivity contribution in [2.45, 2.75) is 19.8 Å². The van der Waals surface area contributed by atoms with Gasteiger partial charge in [-0.3, -0.25) is 4.79 Å². The van der Waals surface area contributed by atoms with Crippen LogP contribution in [0.5, 0.6) is 0 Å². The van der Waals surface area contributed by atoms with Crippen LogP contribution in [0, 0.1) is 0 Å². The quantitative estimate of drug-likeness (QED) is 0.306. The summed E-state index contributed by atoms with van der Waals surface area (Å²) in [5.74, 6) is -10.7. The molecule has 4 nitrogen and oxygen atoms in total. The normalized spacial score (nSPS) is 12.2. The zero-order valence-electron chi connectivity index (χ0n) is 8.76. The lowest BCUT2D eigenvalue weighted by Gasteiger charge is -2.11. The number of carbonyl (C=O) groups excluding carboxylic acids is 2. The van der Waals surface area contributed by atoms with Crippen LogP contribution in [-0.4, -0.2) is 30.9 Å². The lowest BCUT2D eigenvalue weighted by atomic mass is 10.2. The van der Waals surface area contributed by atoms with E-state index in [2.05, 4.69) is 9.47 Å². The number of allylic oxidation sites excluding steroid dienone is 1. The monoisotopic (exact) mass is 240 g/mol. The number of hydrogen-bond donors (Lipinski definition) is 0. The Morgan fingerprint density at radius 1 is 1.25 bits per heavy atom. The molecule has 0 bridgehead atoms. The van der Waals surface area contributed by atoms with Gasteiger partial charge in [-0.05, 0) is 13.8 Å². The first-order chi connectivity index (χ1) is 7.37. The Bertz CT molecular complexity index is 299. The number of alkyl halides is 2. The fraction of sp³-hybridized carbons (Fsp3) is 0.556. The van der Waals surface area contributed by atoms with Crippen molar-refractivity contribution in [1.82, 2.24) is 0 Å². The number of rotatable bonds is 6. The Hall–Kier alpha value is -1.53. The van der Waals surface area contributed by atoms with Crippen LogP contribution in [0.2, 0.25) is 0 Å². The van der Waals surface area contributed by atoms with Crippen molar-refractivity contribution in [2.75, 3.05) is 13.2 Å². The molecule has 7 heteroatoms. The molecule has 16 heavy (non-hydrogen) atoms. The smallest absolute Gasteiger partial charge is 0.406 e. The van der Waals surface area contributed by atoms with Crippen LogP contribution in [-0.2, 0) is 19.1 Å². The lowest BCUT2D eigenvalue weighted by Crippen LogP contribution is -2.39. The Balaban J connectivity index is 4.75. The number of carbonyl (C=O) groups is 2. The molecule has 0 radical (unpaired) electrons.